The van der Waals surface area contributed by atoms with Gasteiger partial charge in [0.25, 0.3) is 0 Å². The largest absolute Gasteiger partial charge is 1.00 e. The van der Waals surface area contributed by atoms with Gasteiger partial charge in [-0.25, -0.2) is 0 Å². The van der Waals surface area contributed by atoms with Crippen molar-refractivity contribution in [1.82, 2.24) is 10.2 Å². The number of carboxylic acid groups (broad SMARTS) is 2. The van der Waals surface area contributed by atoms with E-state index in [1.807, 2.05) is 0 Å². The predicted molar refractivity (Wildman–Crippen MR) is 136 cm³/mol. The maximum Gasteiger partial charge on any atom is 1.00 e. The zero-order valence-electron chi connectivity index (χ0n) is 24.5. The van der Waals surface area contributed by atoms with E-state index in [9.17, 15) is 19.8 Å². The Morgan fingerprint density at radius 1 is 0.833 bits per heavy atom. The molecule has 0 saturated carbocycles. The van der Waals surface area contributed by atoms with Crippen LogP contribution in [0.2, 0.25) is 18.1 Å². The third-order valence-electron chi connectivity index (χ3n) is 7.43. The number of piperazine rings is 1. The zero-order chi connectivity index (χ0) is 25.6. The summed E-state index contributed by atoms with van der Waals surface area (Å²) in [6.45, 7) is 15.4. The molecule has 1 aliphatic rings. The molecule has 1 heterocycles. The van der Waals surface area contributed by atoms with Crippen molar-refractivity contribution in [1.29, 1.82) is 0 Å². The first-order chi connectivity index (χ1) is 15.9. The van der Waals surface area contributed by atoms with Crippen molar-refractivity contribution in [3.05, 3.63) is 0 Å². The van der Waals surface area contributed by atoms with Crippen molar-refractivity contribution in [3.8, 4) is 0 Å². The molecular formula is C26H50N2Na2O5Si. The van der Waals surface area contributed by atoms with Gasteiger partial charge in [-0.2, -0.15) is 0 Å². The van der Waals surface area contributed by atoms with Crippen LogP contribution in [0.25, 0.3) is 0 Å². The van der Waals surface area contributed by atoms with E-state index in [0.29, 0.717) is 24.9 Å². The van der Waals surface area contributed by atoms with Gasteiger partial charge in [0.05, 0.1) is 0 Å². The number of hydrogen-bond acceptors (Lipinski definition) is 7. The van der Waals surface area contributed by atoms with E-state index in [2.05, 4.69) is 44.1 Å². The molecule has 1 saturated heterocycles. The molecule has 10 heteroatoms. The van der Waals surface area contributed by atoms with Crippen LogP contribution in [0.3, 0.4) is 0 Å². The molecule has 0 spiro atoms. The normalized spacial score (nSPS) is 18.8. The number of carboxylic acids is 2. The summed E-state index contributed by atoms with van der Waals surface area (Å²) in [4.78, 5) is 23.8. The molecule has 1 aliphatic heterocycles. The van der Waals surface area contributed by atoms with Crippen LogP contribution in [-0.4, -0.2) is 63.5 Å². The second-order valence-corrected chi connectivity index (χ2v) is 16.4. The molecule has 2 unspecified atom stereocenters. The van der Waals surface area contributed by atoms with Gasteiger partial charge in [0.1, 0.15) is 0 Å². The molecule has 0 aromatic rings. The van der Waals surface area contributed by atoms with E-state index >= 15 is 0 Å². The maximum absolute atomic E-state index is 10.6. The number of hydrogen-bond donors (Lipinski definition) is 1. The fourth-order valence-electron chi connectivity index (χ4n) is 4.32. The van der Waals surface area contributed by atoms with Crippen LogP contribution >= 0.6 is 0 Å². The van der Waals surface area contributed by atoms with Gasteiger partial charge in [0.2, 0.25) is 0 Å². The molecule has 0 aromatic carbocycles. The molecule has 0 bridgehead atoms. The quantitative estimate of drug-likeness (QED) is 0.144. The number of aliphatic carboxylic acids is 2. The van der Waals surface area contributed by atoms with Gasteiger partial charge in [-0.15, -0.1) is 0 Å². The minimum Gasteiger partial charge on any atom is -0.550 e. The van der Waals surface area contributed by atoms with Gasteiger partial charge in [-0.1, -0.05) is 46.5 Å². The van der Waals surface area contributed by atoms with Crippen LogP contribution in [0.1, 0.15) is 97.8 Å². The predicted octanol–water partition coefficient (Wildman–Crippen LogP) is -3.16. The number of unbranched alkanes of at least 4 members (excludes halogenated alkanes) is 5. The van der Waals surface area contributed by atoms with Gasteiger partial charge < -0.3 is 34.4 Å². The molecule has 2 atom stereocenters. The van der Waals surface area contributed by atoms with E-state index in [1.54, 1.807) is 0 Å². The van der Waals surface area contributed by atoms with Crippen LogP contribution in [0.15, 0.2) is 0 Å². The Labute approximate surface area is 266 Å². The van der Waals surface area contributed by atoms with Crippen molar-refractivity contribution in [3.63, 3.8) is 0 Å². The number of nitrogens with one attached hydrogen (secondary N) is 1. The summed E-state index contributed by atoms with van der Waals surface area (Å²) in [5.74, 6) is -1.92. The standard InChI is InChI=1S/C26H52N2O5Si.2Na/c1-26(2,3)34(4,5)33-19-13-12-18-28-20-22(14-8-6-10-16-24(29)30)27-23(21-28)15-9-7-11-17-25(31)32;;/h22-23,27H,6-21H2,1-5H3,(H,29,30)(H,31,32);;/q;2*+1/p-2. The Hall–Kier alpha value is 1.04. The van der Waals surface area contributed by atoms with E-state index < -0.39 is 20.3 Å². The Bertz CT molecular complexity index is 573. The fourth-order valence-corrected chi connectivity index (χ4v) is 5.41. The summed E-state index contributed by atoms with van der Waals surface area (Å²) in [6, 6.07) is 0.849. The van der Waals surface area contributed by atoms with E-state index in [0.717, 1.165) is 77.6 Å². The van der Waals surface area contributed by atoms with E-state index in [1.165, 1.54) is 0 Å². The second kappa shape index (κ2) is 20.9. The van der Waals surface area contributed by atoms with E-state index in [-0.39, 0.29) is 77.0 Å². The van der Waals surface area contributed by atoms with Gasteiger partial charge in [-0.3, -0.25) is 0 Å². The number of carbonyl (C=O) groups excluding carboxylic acids is 2. The Balaban J connectivity index is 0. The van der Waals surface area contributed by atoms with Crippen LogP contribution in [0.5, 0.6) is 0 Å². The molecule has 7 nitrogen and oxygen atoms in total. The maximum atomic E-state index is 10.6. The summed E-state index contributed by atoms with van der Waals surface area (Å²) >= 11 is 0. The molecule has 1 N–H and O–H groups in total. The Kier molecular flexibility index (Phi) is 22.7. The van der Waals surface area contributed by atoms with Crippen molar-refractivity contribution >= 4 is 20.3 Å². The Morgan fingerprint density at radius 2 is 1.31 bits per heavy atom. The Morgan fingerprint density at radius 3 is 1.72 bits per heavy atom. The average Bonchev–Trinajstić information content (AvgIpc) is 2.71. The molecule has 0 aromatic heterocycles. The molecule has 0 radical (unpaired) electrons. The first-order valence-electron chi connectivity index (χ1n) is 13.4. The van der Waals surface area contributed by atoms with Crippen LogP contribution < -0.4 is 74.6 Å². The molecule has 36 heavy (non-hydrogen) atoms. The average molecular weight is 545 g/mol. The number of nitrogens with zero attached hydrogens (tertiary/aromatic N) is 1. The first-order valence-corrected chi connectivity index (χ1v) is 16.3. The minimum atomic E-state index is -1.68. The third-order valence-corrected chi connectivity index (χ3v) is 12.0. The monoisotopic (exact) mass is 544 g/mol. The summed E-state index contributed by atoms with van der Waals surface area (Å²) < 4.78 is 6.33. The molecular weight excluding hydrogens is 494 g/mol. The second-order valence-electron chi connectivity index (χ2n) is 11.6. The molecule has 1 fully saturated rings. The smallest absolute Gasteiger partial charge is 0.550 e. The van der Waals surface area contributed by atoms with E-state index in [4.69, 9.17) is 4.43 Å². The number of carbonyl (C=O) groups is 2. The zero-order valence-corrected chi connectivity index (χ0v) is 29.5. The molecule has 200 valence electrons. The van der Waals surface area contributed by atoms with Crippen LogP contribution in [0.4, 0.5) is 0 Å². The van der Waals surface area contributed by atoms with Crippen molar-refractivity contribution in [2.24, 2.45) is 0 Å². The summed E-state index contributed by atoms with van der Waals surface area (Å²) in [7, 11) is -1.68. The molecule has 0 aliphatic carbocycles. The van der Waals surface area contributed by atoms with Gasteiger partial charge in [0.15, 0.2) is 8.32 Å². The van der Waals surface area contributed by atoms with Crippen LogP contribution in [-0.2, 0) is 14.0 Å². The summed E-state index contributed by atoms with van der Waals surface area (Å²) in [5, 5.41) is 25.3. The van der Waals surface area contributed by atoms with Gasteiger partial charge in [0, 0.05) is 43.7 Å². The third kappa shape index (κ3) is 18.3. The first kappa shape index (κ1) is 39.2. The molecule has 0 amide bonds. The van der Waals surface area contributed by atoms with Crippen molar-refractivity contribution < 1.29 is 83.3 Å². The summed E-state index contributed by atoms with van der Waals surface area (Å²) in [6.07, 6.45) is 9.89. The molecule has 1 rings (SSSR count). The number of rotatable bonds is 18. The topological polar surface area (TPSA) is 105 Å². The van der Waals surface area contributed by atoms with Crippen LogP contribution in [0, 0.1) is 0 Å². The van der Waals surface area contributed by atoms with Crippen molar-refractivity contribution in [2.75, 3.05) is 26.2 Å². The minimum absolute atomic E-state index is 0. The SMILES string of the molecule is CC(C)(C)[Si](C)(C)OCCCCN1CC(CCCCCC(=O)[O-])NC(CCCCCC(=O)[O-])C1.[Na+].[Na+]. The van der Waals surface area contributed by atoms with Gasteiger partial charge >= 0.3 is 59.1 Å². The fraction of sp³-hybridized carbons (Fsp3) is 0.923. The van der Waals surface area contributed by atoms with Gasteiger partial charge in [-0.05, 0) is 76.0 Å². The van der Waals surface area contributed by atoms with Crippen molar-refractivity contribution in [2.45, 2.75) is 128 Å². The summed E-state index contributed by atoms with van der Waals surface area (Å²) in [5.41, 5.74) is 0.